The Kier molecular flexibility index (Phi) is 6.07. The van der Waals surface area contributed by atoms with Crippen LogP contribution in [-0.4, -0.2) is 38.5 Å². The van der Waals surface area contributed by atoms with Crippen LogP contribution in [0.15, 0.2) is 36.9 Å². The Morgan fingerprint density at radius 3 is 2.62 bits per heavy atom. The van der Waals surface area contributed by atoms with Crippen LogP contribution in [0.25, 0.3) is 16.6 Å². The van der Waals surface area contributed by atoms with Gasteiger partial charge < -0.3 is 16.4 Å². The van der Waals surface area contributed by atoms with Crippen molar-refractivity contribution in [1.29, 1.82) is 0 Å². The van der Waals surface area contributed by atoms with Crippen molar-refractivity contribution in [3.63, 3.8) is 0 Å². The van der Waals surface area contributed by atoms with Gasteiger partial charge in [0.25, 0.3) is 5.91 Å². The average Bonchev–Trinajstić information content (AvgIpc) is 3.19. The molecule has 0 saturated heterocycles. The lowest BCUT2D eigenvalue weighted by molar-refractivity contribution is -0.122. The molecule has 3 heterocycles. The maximum Gasteiger partial charge on any atom is 0.255 e. The zero-order chi connectivity index (χ0) is 22.8. The van der Waals surface area contributed by atoms with E-state index >= 15 is 0 Å². The predicted molar refractivity (Wildman–Crippen MR) is 120 cm³/mol. The molecule has 0 atom stereocenters. The van der Waals surface area contributed by atoms with Crippen molar-refractivity contribution in [1.82, 2.24) is 19.9 Å². The molecular formula is C23H27FN6O2. The van der Waals surface area contributed by atoms with Gasteiger partial charge in [-0.2, -0.15) is 5.10 Å². The standard InChI is InChI=1S/C23H27FN6O2/c1-13(2)28-21-18(23(32)29-16-5-3-14(4-6-16)22(25)31)10-27-30-12-15(9-20(21)30)17-7-8-26-11-19(17)24/h7-14,16,28H,3-6H2,1-2H3,(H2,25,31)(H,29,32)/t14-,16-. The number of carbonyl (C=O) groups is 2. The van der Waals surface area contributed by atoms with E-state index in [0.717, 1.165) is 0 Å². The minimum Gasteiger partial charge on any atom is -0.380 e. The third kappa shape index (κ3) is 4.42. The van der Waals surface area contributed by atoms with Crippen LogP contribution in [0, 0.1) is 11.7 Å². The number of halogens is 1. The number of primary amides is 1. The van der Waals surface area contributed by atoms with Crippen molar-refractivity contribution in [2.45, 2.75) is 51.6 Å². The number of hydrogen-bond acceptors (Lipinski definition) is 5. The molecule has 1 aliphatic carbocycles. The molecular weight excluding hydrogens is 411 g/mol. The Morgan fingerprint density at radius 1 is 1.22 bits per heavy atom. The van der Waals surface area contributed by atoms with Crippen molar-refractivity contribution in [3.8, 4) is 11.1 Å². The van der Waals surface area contributed by atoms with Crippen molar-refractivity contribution < 1.29 is 14.0 Å². The summed E-state index contributed by atoms with van der Waals surface area (Å²) in [4.78, 5) is 28.3. The number of nitrogens with zero attached hydrogens (tertiary/aromatic N) is 3. The monoisotopic (exact) mass is 438 g/mol. The SMILES string of the molecule is CC(C)Nc1c(C(=O)N[C@H]2CC[C@H](C(N)=O)CC2)cnn2cc(-c3ccncc3F)cc12. The van der Waals surface area contributed by atoms with E-state index in [0.29, 0.717) is 53.6 Å². The summed E-state index contributed by atoms with van der Waals surface area (Å²) in [7, 11) is 0. The number of nitrogens with two attached hydrogens (primary N) is 1. The number of pyridine rings is 1. The second-order valence-corrected chi connectivity index (χ2v) is 8.57. The maximum atomic E-state index is 14.3. The van der Waals surface area contributed by atoms with E-state index in [4.69, 9.17) is 5.73 Å². The third-order valence-corrected chi connectivity index (χ3v) is 5.86. The summed E-state index contributed by atoms with van der Waals surface area (Å²) in [6, 6.07) is 3.46. The Morgan fingerprint density at radius 2 is 1.97 bits per heavy atom. The summed E-state index contributed by atoms with van der Waals surface area (Å²) in [6.45, 7) is 3.96. The van der Waals surface area contributed by atoms with E-state index in [1.165, 1.54) is 18.6 Å². The molecule has 9 heteroatoms. The molecule has 0 radical (unpaired) electrons. The number of carbonyl (C=O) groups excluding carboxylic acids is 2. The van der Waals surface area contributed by atoms with Crippen LogP contribution < -0.4 is 16.4 Å². The summed E-state index contributed by atoms with van der Waals surface area (Å²) >= 11 is 0. The smallest absolute Gasteiger partial charge is 0.255 e. The molecule has 2 amide bonds. The number of nitrogens with one attached hydrogen (secondary N) is 2. The Balaban J connectivity index is 1.64. The number of fused-ring (bicyclic) bond motifs is 1. The topological polar surface area (TPSA) is 114 Å². The van der Waals surface area contributed by atoms with Crippen LogP contribution in [0.3, 0.4) is 0 Å². The summed E-state index contributed by atoms with van der Waals surface area (Å²) in [6.07, 6.45) is 8.72. The number of anilines is 1. The lowest BCUT2D eigenvalue weighted by Crippen LogP contribution is -2.40. The van der Waals surface area contributed by atoms with Gasteiger partial charge in [0.05, 0.1) is 29.2 Å². The van der Waals surface area contributed by atoms with Gasteiger partial charge in [0, 0.05) is 41.5 Å². The quantitative estimate of drug-likeness (QED) is 0.547. The Labute approximate surface area is 185 Å². The highest BCUT2D eigenvalue weighted by atomic mass is 19.1. The van der Waals surface area contributed by atoms with Gasteiger partial charge in [0.15, 0.2) is 0 Å². The van der Waals surface area contributed by atoms with Crippen molar-refractivity contribution in [2.75, 3.05) is 5.32 Å². The molecule has 8 nitrogen and oxygen atoms in total. The molecule has 0 spiro atoms. The van der Waals surface area contributed by atoms with Gasteiger partial charge in [-0.3, -0.25) is 14.6 Å². The minimum absolute atomic E-state index is 0.0190. The lowest BCUT2D eigenvalue weighted by atomic mass is 9.85. The second kappa shape index (κ2) is 8.94. The van der Waals surface area contributed by atoms with Gasteiger partial charge >= 0.3 is 0 Å². The van der Waals surface area contributed by atoms with E-state index in [2.05, 4.69) is 20.7 Å². The van der Waals surface area contributed by atoms with E-state index < -0.39 is 5.82 Å². The molecule has 3 aromatic rings. The number of amides is 2. The molecule has 0 aliphatic heterocycles. The van der Waals surface area contributed by atoms with Crippen molar-refractivity contribution >= 4 is 23.0 Å². The molecule has 3 aromatic heterocycles. The molecule has 0 bridgehead atoms. The number of aromatic nitrogens is 3. The van der Waals surface area contributed by atoms with Crippen LogP contribution in [0.2, 0.25) is 0 Å². The lowest BCUT2D eigenvalue weighted by Gasteiger charge is -2.27. The Bertz CT molecular complexity index is 1150. The fourth-order valence-corrected chi connectivity index (χ4v) is 4.21. The largest absolute Gasteiger partial charge is 0.380 e. The molecule has 32 heavy (non-hydrogen) atoms. The molecule has 4 N–H and O–H groups in total. The summed E-state index contributed by atoms with van der Waals surface area (Å²) in [5, 5.41) is 10.8. The highest BCUT2D eigenvalue weighted by Crippen LogP contribution is 2.30. The first-order chi connectivity index (χ1) is 15.3. The zero-order valence-corrected chi connectivity index (χ0v) is 18.1. The molecule has 168 valence electrons. The van der Waals surface area contributed by atoms with E-state index in [-0.39, 0.29) is 29.8 Å². The molecule has 0 aromatic carbocycles. The van der Waals surface area contributed by atoms with Gasteiger partial charge in [0.1, 0.15) is 5.82 Å². The van der Waals surface area contributed by atoms with Crippen LogP contribution >= 0.6 is 0 Å². The zero-order valence-electron chi connectivity index (χ0n) is 18.1. The Hall–Kier alpha value is -3.49. The number of rotatable bonds is 6. The minimum atomic E-state index is -0.425. The molecule has 1 saturated carbocycles. The fraction of sp³-hybridized carbons (Fsp3) is 0.391. The first-order valence-electron chi connectivity index (χ1n) is 10.8. The second-order valence-electron chi connectivity index (χ2n) is 8.57. The van der Waals surface area contributed by atoms with Crippen LogP contribution in [0.4, 0.5) is 10.1 Å². The summed E-state index contributed by atoms with van der Waals surface area (Å²) < 4.78 is 15.9. The van der Waals surface area contributed by atoms with E-state index in [1.807, 2.05) is 19.9 Å². The summed E-state index contributed by atoms with van der Waals surface area (Å²) in [5.74, 6) is -1.05. The van der Waals surface area contributed by atoms with Crippen LogP contribution in [0.5, 0.6) is 0 Å². The maximum absolute atomic E-state index is 14.3. The molecule has 0 unspecified atom stereocenters. The highest BCUT2D eigenvalue weighted by molar-refractivity contribution is 6.03. The van der Waals surface area contributed by atoms with Crippen molar-refractivity contribution in [3.05, 3.63) is 48.3 Å². The normalized spacial score (nSPS) is 18.6. The van der Waals surface area contributed by atoms with Gasteiger partial charge in [-0.25, -0.2) is 8.91 Å². The average molecular weight is 439 g/mol. The van der Waals surface area contributed by atoms with Gasteiger partial charge in [0.2, 0.25) is 5.91 Å². The van der Waals surface area contributed by atoms with Gasteiger partial charge in [-0.05, 0) is 51.7 Å². The van der Waals surface area contributed by atoms with Crippen molar-refractivity contribution in [2.24, 2.45) is 11.7 Å². The molecule has 1 fully saturated rings. The third-order valence-electron chi connectivity index (χ3n) is 5.86. The molecule has 1 aliphatic rings. The summed E-state index contributed by atoms with van der Waals surface area (Å²) in [5.41, 5.74) is 8.20. The highest BCUT2D eigenvalue weighted by Gasteiger charge is 2.27. The predicted octanol–water partition coefficient (Wildman–Crippen LogP) is 3.13. The van der Waals surface area contributed by atoms with Crippen LogP contribution in [0.1, 0.15) is 49.9 Å². The first kappa shape index (κ1) is 21.7. The van der Waals surface area contributed by atoms with E-state index in [1.54, 1.807) is 16.8 Å². The van der Waals surface area contributed by atoms with Gasteiger partial charge in [-0.1, -0.05) is 0 Å². The fourth-order valence-electron chi connectivity index (χ4n) is 4.21. The van der Waals surface area contributed by atoms with Crippen LogP contribution in [-0.2, 0) is 4.79 Å². The van der Waals surface area contributed by atoms with E-state index in [9.17, 15) is 14.0 Å². The molecule has 4 rings (SSSR count). The first-order valence-corrected chi connectivity index (χ1v) is 10.8. The number of hydrogen-bond donors (Lipinski definition) is 3. The van der Waals surface area contributed by atoms with Gasteiger partial charge in [-0.15, -0.1) is 0 Å².